The van der Waals surface area contributed by atoms with Gasteiger partial charge in [0.25, 0.3) is 11.5 Å². The molecule has 0 radical (unpaired) electrons. The third kappa shape index (κ3) is 6.23. The summed E-state index contributed by atoms with van der Waals surface area (Å²) < 4.78 is 18.9. The predicted octanol–water partition coefficient (Wildman–Crippen LogP) is 4.60. The van der Waals surface area contributed by atoms with Crippen LogP contribution in [0.15, 0.2) is 47.3 Å². The summed E-state index contributed by atoms with van der Waals surface area (Å²) in [5, 5.41) is 4.53. The Balaban J connectivity index is 1.44. The van der Waals surface area contributed by atoms with E-state index in [4.69, 9.17) is 24.0 Å². The molecule has 4 aromatic rings. The van der Waals surface area contributed by atoms with Gasteiger partial charge in [-0.25, -0.2) is 15.3 Å². The van der Waals surface area contributed by atoms with Gasteiger partial charge in [-0.15, -0.1) is 0 Å². The number of nitrogens with one attached hydrogen (secondary N) is 2. The van der Waals surface area contributed by atoms with Gasteiger partial charge in [-0.3, -0.25) is 14.3 Å². The molecule has 2 aromatic heterocycles. The number of carbonyl (C=O) groups is 1. The monoisotopic (exact) mass is 575 g/mol. The van der Waals surface area contributed by atoms with Gasteiger partial charge < -0.3 is 19.2 Å². The average Bonchev–Trinajstić information content (AvgIpc) is 3.33. The molecule has 0 saturated carbocycles. The number of amides is 1. The highest BCUT2D eigenvalue weighted by Crippen LogP contribution is 2.34. The highest BCUT2D eigenvalue weighted by Gasteiger charge is 2.21. The second-order valence-electron chi connectivity index (χ2n) is 10.2. The normalized spacial score (nSPS) is 16.0. The first-order valence-electron chi connectivity index (χ1n) is 14.4. The first-order chi connectivity index (χ1) is 20.4. The maximum atomic E-state index is 13.1. The molecule has 1 aliphatic rings. The quantitative estimate of drug-likeness (QED) is 0.248. The average molecular weight is 576 g/mol. The fourth-order valence-corrected chi connectivity index (χ4v) is 5.21. The number of hydrogen-bond acceptors (Lipinski definition) is 8. The Morgan fingerprint density at radius 3 is 2.64 bits per heavy atom. The number of H-pyrrole nitrogens is 1. The summed E-state index contributed by atoms with van der Waals surface area (Å²) in [5.74, 6) is 0.636. The largest absolute Gasteiger partial charge is 0.493 e. The van der Waals surface area contributed by atoms with Crippen molar-refractivity contribution in [1.29, 1.82) is 0 Å². The summed E-state index contributed by atoms with van der Waals surface area (Å²) in [7, 11) is 3.37. The lowest BCUT2D eigenvalue weighted by Gasteiger charge is -2.22. The molecular formula is C31H37N5O6. The lowest BCUT2D eigenvalue weighted by atomic mass is 9.97. The molecule has 0 spiro atoms. The number of carbonyl (C=O) groups excluding carboxylic acids is 1. The second-order valence-corrected chi connectivity index (χ2v) is 10.2. The van der Waals surface area contributed by atoms with Crippen LogP contribution < -0.4 is 15.8 Å². The number of methoxy groups -OCH3 is 1. The zero-order valence-corrected chi connectivity index (χ0v) is 24.4. The van der Waals surface area contributed by atoms with Crippen LogP contribution in [0.4, 0.5) is 0 Å². The lowest BCUT2D eigenvalue weighted by molar-refractivity contribution is -0.186. The van der Waals surface area contributed by atoms with Crippen LogP contribution in [0.25, 0.3) is 22.4 Å². The Morgan fingerprint density at radius 2 is 1.95 bits per heavy atom. The van der Waals surface area contributed by atoms with Gasteiger partial charge in [-0.1, -0.05) is 31.5 Å². The molecule has 1 saturated heterocycles. The van der Waals surface area contributed by atoms with Gasteiger partial charge in [0.15, 0.2) is 11.8 Å². The van der Waals surface area contributed by atoms with E-state index < -0.39 is 12.4 Å². The molecule has 1 fully saturated rings. The number of aromatic amines is 1. The number of ether oxygens (including phenoxy) is 3. The Morgan fingerprint density at radius 1 is 1.17 bits per heavy atom. The highest BCUT2D eigenvalue weighted by atomic mass is 16.8. The summed E-state index contributed by atoms with van der Waals surface area (Å²) >= 11 is 0. The van der Waals surface area contributed by atoms with E-state index in [0.29, 0.717) is 53.4 Å². The standard InChI is InChI=1S/C31H37N5O6/c1-5-9-23-26-27(36(3)34-23)31(38)33-29(32-26)22-18-21(15-16-24(22)40-6-2)28(39-4)19-11-13-20(14-12-19)30(37)35-42-25-10-7-8-17-41-25/h11-16,18,25,28H,5-10,17H2,1-4H3,(H,35,37)(H,32,33,38). The van der Waals surface area contributed by atoms with Crippen LogP contribution in [0.3, 0.4) is 0 Å². The van der Waals surface area contributed by atoms with Crippen molar-refractivity contribution in [3.8, 4) is 17.1 Å². The maximum Gasteiger partial charge on any atom is 0.277 e. The molecule has 2 N–H and O–H groups in total. The minimum absolute atomic E-state index is 0.267. The van der Waals surface area contributed by atoms with E-state index in [-0.39, 0.29) is 11.5 Å². The van der Waals surface area contributed by atoms with Gasteiger partial charge in [0.05, 0.1) is 17.9 Å². The minimum atomic E-state index is -0.451. The smallest absolute Gasteiger partial charge is 0.277 e. The van der Waals surface area contributed by atoms with E-state index in [9.17, 15) is 9.59 Å². The molecule has 42 heavy (non-hydrogen) atoms. The van der Waals surface area contributed by atoms with Crippen LogP contribution in [0, 0.1) is 0 Å². The number of hydrogen-bond donors (Lipinski definition) is 2. The Kier molecular flexibility index (Phi) is 9.31. The van der Waals surface area contributed by atoms with Crippen molar-refractivity contribution < 1.29 is 23.8 Å². The van der Waals surface area contributed by atoms with Gasteiger partial charge >= 0.3 is 0 Å². The summed E-state index contributed by atoms with van der Waals surface area (Å²) in [6, 6.07) is 12.8. The van der Waals surface area contributed by atoms with Crippen LogP contribution >= 0.6 is 0 Å². The van der Waals surface area contributed by atoms with Crippen LogP contribution in [-0.4, -0.2) is 52.3 Å². The number of aryl methyl sites for hydroxylation is 2. The van der Waals surface area contributed by atoms with Crippen molar-refractivity contribution in [2.45, 2.75) is 58.3 Å². The van der Waals surface area contributed by atoms with Crippen molar-refractivity contribution >= 4 is 16.9 Å². The van der Waals surface area contributed by atoms with Crippen molar-refractivity contribution in [3.05, 3.63) is 75.2 Å². The third-order valence-corrected chi connectivity index (χ3v) is 7.24. The molecule has 2 atom stereocenters. The summed E-state index contributed by atoms with van der Waals surface area (Å²) in [6.45, 7) is 5.04. The second kappa shape index (κ2) is 13.3. The number of aromatic nitrogens is 4. The fourth-order valence-electron chi connectivity index (χ4n) is 5.21. The predicted molar refractivity (Wildman–Crippen MR) is 157 cm³/mol. The van der Waals surface area contributed by atoms with E-state index in [1.807, 2.05) is 37.3 Å². The first-order valence-corrected chi connectivity index (χ1v) is 14.4. The van der Waals surface area contributed by atoms with Crippen molar-refractivity contribution in [2.75, 3.05) is 20.3 Å². The number of hydroxylamine groups is 1. The Hall–Kier alpha value is -4.06. The number of benzene rings is 2. The molecule has 2 unspecified atom stereocenters. The molecule has 1 amide bonds. The maximum absolute atomic E-state index is 13.1. The van der Waals surface area contributed by atoms with Crippen LogP contribution in [0.2, 0.25) is 0 Å². The molecule has 11 heteroatoms. The van der Waals surface area contributed by atoms with Gasteiger partial charge in [0.2, 0.25) is 0 Å². The van der Waals surface area contributed by atoms with Gasteiger partial charge in [-0.05, 0) is 61.6 Å². The Bertz CT molecular complexity index is 1590. The van der Waals surface area contributed by atoms with Crippen molar-refractivity contribution in [2.24, 2.45) is 7.05 Å². The molecule has 3 heterocycles. The minimum Gasteiger partial charge on any atom is -0.493 e. The lowest BCUT2D eigenvalue weighted by Crippen LogP contribution is -2.33. The van der Waals surface area contributed by atoms with Crippen LogP contribution in [-0.2, 0) is 27.8 Å². The Labute approximate surface area is 244 Å². The van der Waals surface area contributed by atoms with Gasteiger partial charge in [0, 0.05) is 32.7 Å². The SMILES string of the molecule is CCCc1nn(C)c2c(=O)[nH]c(-c3cc(C(OC)c4ccc(C(=O)NOC5CCCCO5)cc4)ccc3OCC)nc12. The number of nitrogens with zero attached hydrogens (tertiary/aromatic N) is 3. The van der Waals surface area contributed by atoms with E-state index in [1.54, 1.807) is 31.0 Å². The van der Waals surface area contributed by atoms with E-state index >= 15 is 0 Å². The molecular weight excluding hydrogens is 538 g/mol. The first kappa shape index (κ1) is 29.4. The fraction of sp³-hybridized carbons (Fsp3) is 0.419. The zero-order chi connectivity index (χ0) is 29.6. The van der Waals surface area contributed by atoms with Crippen molar-refractivity contribution in [1.82, 2.24) is 25.2 Å². The summed E-state index contributed by atoms with van der Waals surface area (Å²) in [6.07, 6.45) is 3.48. The molecule has 11 nitrogen and oxygen atoms in total. The van der Waals surface area contributed by atoms with Gasteiger partial charge in [0.1, 0.15) is 23.2 Å². The van der Waals surface area contributed by atoms with Crippen LogP contribution in [0.1, 0.15) is 72.8 Å². The third-order valence-electron chi connectivity index (χ3n) is 7.24. The molecule has 222 valence electrons. The topological polar surface area (TPSA) is 130 Å². The summed E-state index contributed by atoms with van der Waals surface area (Å²) in [5.41, 5.74) is 6.78. The molecule has 2 aromatic carbocycles. The summed E-state index contributed by atoms with van der Waals surface area (Å²) in [4.78, 5) is 38.9. The van der Waals surface area contributed by atoms with Crippen molar-refractivity contribution in [3.63, 3.8) is 0 Å². The molecule has 0 aliphatic carbocycles. The van der Waals surface area contributed by atoms with E-state index in [2.05, 4.69) is 22.5 Å². The zero-order valence-electron chi connectivity index (χ0n) is 24.4. The van der Waals surface area contributed by atoms with Crippen LogP contribution in [0.5, 0.6) is 5.75 Å². The van der Waals surface area contributed by atoms with E-state index in [1.165, 1.54) is 0 Å². The number of rotatable bonds is 11. The van der Waals surface area contributed by atoms with Gasteiger partial charge in [-0.2, -0.15) is 5.10 Å². The number of fused-ring (bicyclic) bond motifs is 1. The molecule has 1 aliphatic heterocycles. The van der Waals surface area contributed by atoms with E-state index in [0.717, 1.165) is 42.5 Å². The highest BCUT2D eigenvalue weighted by molar-refractivity contribution is 5.93. The molecule has 0 bridgehead atoms. The molecule has 5 rings (SSSR count).